The van der Waals surface area contributed by atoms with Gasteiger partial charge in [-0.15, -0.1) is 0 Å². The molecule has 101 heavy (non-hydrogen) atoms. The number of aryl methyl sites for hydroxylation is 2. The Balaban J connectivity index is 0.000000155. The molecule has 0 bridgehead atoms. The smallest absolute Gasteiger partial charge is 0.339 e. The zero-order valence-electron chi connectivity index (χ0n) is 55.6. The van der Waals surface area contributed by atoms with Gasteiger partial charge in [0.1, 0.15) is 80.2 Å². The van der Waals surface area contributed by atoms with Crippen LogP contribution in [0, 0.1) is 11.6 Å². The molecule has 0 saturated heterocycles. The van der Waals surface area contributed by atoms with E-state index in [0.29, 0.717) is 142 Å². The van der Waals surface area contributed by atoms with Crippen LogP contribution in [0.4, 0.5) is 8.78 Å². The number of fused-ring (bicyclic) bond motifs is 6. The number of phenolic OH excluding ortho intramolecular Hbond substituents is 6. The Morgan fingerprint density at radius 3 is 1.42 bits per heavy atom. The third-order valence-corrected chi connectivity index (χ3v) is 16.2. The maximum absolute atomic E-state index is 14.2. The van der Waals surface area contributed by atoms with Crippen LogP contribution < -0.4 is 53.1 Å². The van der Waals surface area contributed by atoms with E-state index in [9.17, 15) is 49.0 Å². The van der Waals surface area contributed by atoms with Crippen molar-refractivity contribution in [3.05, 3.63) is 282 Å². The molecule has 0 spiro atoms. The first-order valence-electron chi connectivity index (χ1n) is 32.1. The van der Waals surface area contributed by atoms with Crippen molar-refractivity contribution < 1.29 is 67.2 Å². The molecular formula is C79H78Cl2F2N4O14. The fourth-order valence-electron chi connectivity index (χ4n) is 11.0. The molecule has 0 amide bonds. The lowest BCUT2D eigenvalue weighted by atomic mass is 9.93. The number of rotatable bonds is 14. The van der Waals surface area contributed by atoms with Gasteiger partial charge in [-0.25, -0.2) is 18.4 Å². The summed E-state index contributed by atoms with van der Waals surface area (Å²) in [4.78, 5) is 23.0. The van der Waals surface area contributed by atoms with Gasteiger partial charge in [-0.1, -0.05) is 107 Å². The van der Waals surface area contributed by atoms with E-state index in [2.05, 4.69) is 26.3 Å². The summed E-state index contributed by atoms with van der Waals surface area (Å²) >= 11 is 11.6. The number of nitrogens with two attached hydrogens (primary N) is 4. The predicted octanol–water partition coefficient (Wildman–Crippen LogP) is 16.2. The second kappa shape index (κ2) is 35.3. The van der Waals surface area contributed by atoms with Crippen molar-refractivity contribution in [3.63, 3.8) is 0 Å². The van der Waals surface area contributed by atoms with E-state index < -0.39 is 17.4 Å². The summed E-state index contributed by atoms with van der Waals surface area (Å²) in [6.45, 7) is 21.0. The average molecular weight is 1420 g/mol. The minimum Gasteiger partial charge on any atom is -0.508 e. The number of aromatic hydroxyl groups is 6. The molecule has 18 nitrogen and oxygen atoms in total. The number of benzene rings is 7. The van der Waals surface area contributed by atoms with Crippen LogP contribution in [-0.2, 0) is 19.3 Å². The summed E-state index contributed by atoms with van der Waals surface area (Å²) in [7, 11) is 0. The molecule has 4 aliphatic rings. The second-order valence-electron chi connectivity index (χ2n) is 23.3. The van der Waals surface area contributed by atoms with Crippen LogP contribution in [0.3, 0.4) is 0 Å². The Labute approximate surface area is 591 Å². The van der Waals surface area contributed by atoms with Gasteiger partial charge in [0.15, 0.2) is 23.1 Å². The molecule has 0 atom stereocenters. The van der Waals surface area contributed by atoms with Crippen LogP contribution in [0.2, 0.25) is 10.0 Å². The van der Waals surface area contributed by atoms with E-state index in [-0.39, 0.29) is 45.0 Å². The maximum Gasteiger partial charge on any atom is 0.339 e. The monoisotopic (exact) mass is 1410 g/mol. The molecule has 0 aliphatic carbocycles. The number of halogens is 4. The Morgan fingerprint density at radius 1 is 0.436 bits per heavy atom. The van der Waals surface area contributed by atoms with Crippen molar-refractivity contribution in [3.8, 4) is 57.5 Å². The van der Waals surface area contributed by atoms with Crippen LogP contribution in [-0.4, -0.2) is 56.8 Å². The summed E-state index contributed by atoms with van der Waals surface area (Å²) in [5.41, 5.74) is 32.0. The molecule has 13 rings (SSSR count). The Morgan fingerprint density at radius 2 is 0.871 bits per heavy atom. The Hall–Kier alpha value is -10.8. The molecule has 14 N–H and O–H groups in total. The van der Waals surface area contributed by atoms with Gasteiger partial charge in [0.25, 0.3) is 0 Å². The Kier molecular flexibility index (Phi) is 26.5. The number of hydrogen-bond donors (Lipinski definition) is 10. The quantitative estimate of drug-likeness (QED) is 0.0452. The van der Waals surface area contributed by atoms with Gasteiger partial charge in [-0.05, 0) is 178 Å². The molecule has 6 heterocycles. The molecule has 0 unspecified atom stereocenters. The van der Waals surface area contributed by atoms with Crippen LogP contribution in [0.1, 0.15) is 96.9 Å². The third kappa shape index (κ3) is 19.8. The summed E-state index contributed by atoms with van der Waals surface area (Å²) in [6.07, 6.45) is 13.5. The molecule has 9 aromatic rings. The van der Waals surface area contributed by atoms with Crippen LogP contribution in [0.5, 0.6) is 57.5 Å². The third-order valence-electron chi connectivity index (χ3n) is 15.6. The van der Waals surface area contributed by atoms with Crippen molar-refractivity contribution in [2.75, 3.05) is 26.2 Å². The van der Waals surface area contributed by atoms with E-state index in [1.807, 2.05) is 68.5 Å². The first-order valence-corrected chi connectivity index (χ1v) is 32.9. The zero-order chi connectivity index (χ0) is 73.2. The summed E-state index contributed by atoms with van der Waals surface area (Å²) in [6, 6.07) is 32.9. The highest BCUT2D eigenvalue weighted by atomic mass is 35.5. The van der Waals surface area contributed by atoms with Crippen LogP contribution >= 0.6 is 23.2 Å². The molecular weight excluding hydrogens is 1340 g/mol. The molecule has 2 aromatic heterocycles. The van der Waals surface area contributed by atoms with Gasteiger partial charge in [0, 0.05) is 86.5 Å². The molecule has 7 aromatic carbocycles. The lowest BCUT2D eigenvalue weighted by Crippen LogP contribution is -2.10. The van der Waals surface area contributed by atoms with Crippen molar-refractivity contribution >= 4 is 67.4 Å². The van der Waals surface area contributed by atoms with Crippen LogP contribution in [0.15, 0.2) is 213 Å². The fourth-order valence-corrected chi connectivity index (χ4v) is 11.4. The zero-order valence-corrected chi connectivity index (χ0v) is 57.2. The highest BCUT2D eigenvalue weighted by Crippen LogP contribution is 2.45. The largest absolute Gasteiger partial charge is 0.508 e. The number of allylic oxidation sites excluding steroid dienone is 4. The summed E-state index contributed by atoms with van der Waals surface area (Å²) in [5, 5.41) is 59.0. The molecule has 0 fully saturated rings. The fraction of sp³-hybridized carbons (Fsp3) is 0.190. The van der Waals surface area contributed by atoms with Crippen molar-refractivity contribution in [1.29, 1.82) is 0 Å². The van der Waals surface area contributed by atoms with E-state index in [1.54, 1.807) is 54.6 Å². The van der Waals surface area contributed by atoms with Gasteiger partial charge in [0.05, 0.1) is 10.0 Å². The molecule has 0 saturated carbocycles. The van der Waals surface area contributed by atoms with Crippen molar-refractivity contribution in [2.45, 2.75) is 71.6 Å². The molecule has 526 valence electrons. The first kappa shape index (κ1) is 75.9. The lowest BCUT2D eigenvalue weighted by molar-refractivity contribution is 0.401. The van der Waals surface area contributed by atoms with E-state index in [0.717, 1.165) is 81.9 Å². The van der Waals surface area contributed by atoms with E-state index in [4.69, 9.17) is 73.9 Å². The average Bonchev–Trinajstić information content (AvgIpc) is 0.780. The van der Waals surface area contributed by atoms with Crippen LogP contribution in [0.25, 0.3) is 44.2 Å². The van der Waals surface area contributed by atoms with E-state index in [1.165, 1.54) is 36.4 Å². The number of ether oxygens (including phenoxy) is 4. The van der Waals surface area contributed by atoms with Crippen molar-refractivity contribution in [1.82, 2.24) is 0 Å². The maximum atomic E-state index is 14.2. The van der Waals surface area contributed by atoms with Gasteiger partial charge < -0.3 is 81.4 Å². The standard InChI is InChI=1S/C19H18FNO2.C12H12ClNO2.C12H11ClO3.C12H12FNO2.C12H13NO2.C12H12O3/c1-12-9-14(7-8-21)15-11-17(20)18(22)16(19(15)23-12)10-13-5-3-2-4-6-13;1-7-4-8(2-3-14)9-5-10(13)11(15)6-12(9)16-7;1-2-3-7-4-8-5-9(13)10(14)6-11(8)16-12(7)15;1-7-4-8(2-3-14)9-5-10(13)11(15)6-12(9)16-7;1-8-6-9(4-5-13)11-3-2-10(14)7-12(11)15-8;1-2-3-9-6-8-4-5-10(13)7-11(8)15-12(9)14/h2-6,9,11,22H,1,7-8,10,21H2;4-6,15H,1-3,14H2;4-6,14H,2-3H2,1H3;4-6,15H,1-3,14H2;2-3,6-7,14H,1,4-5,13H2;4-7,13H,2-3H2,1H3. The van der Waals surface area contributed by atoms with Gasteiger partial charge >= 0.3 is 11.3 Å². The van der Waals surface area contributed by atoms with E-state index >= 15 is 0 Å². The number of phenols is 6. The van der Waals surface area contributed by atoms with Gasteiger partial charge in [-0.2, -0.15) is 0 Å². The summed E-state index contributed by atoms with van der Waals surface area (Å²) in [5.74, 6) is 2.20. The van der Waals surface area contributed by atoms with Gasteiger partial charge in [-0.3, -0.25) is 0 Å². The Bertz CT molecular complexity index is 4780. The highest BCUT2D eigenvalue weighted by molar-refractivity contribution is 6.33. The minimum absolute atomic E-state index is 0.00205. The lowest BCUT2D eigenvalue weighted by Gasteiger charge is -2.23. The predicted molar refractivity (Wildman–Crippen MR) is 394 cm³/mol. The number of hydrogen-bond acceptors (Lipinski definition) is 18. The highest BCUT2D eigenvalue weighted by Gasteiger charge is 2.26. The SMILES string of the molecule is C=C1C=C(CCN)c2cc(Cl)c(O)cc2O1.C=C1C=C(CCN)c2cc(F)c(O)c(Cc3ccccc3)c2O1.C=C1C=C(CCN)c2cc(F)c(O)cc2O1.C=C1C=C(CCN)c2ccc(O)cc2O1.CCCc1cc2cc(Cl)c(O)cc2oc1=O.CCCc1cc2ccc(O)cc2oc1=O. The molecule has 0 radical (unpaired) electrons. The second-order valence-corrected chi connectivity index (χ2v) is 24.1. The van der Waals surface area contributed by atoms with Gasteiger partial charge in [0.2, 0.25) is 0 Å². The first-order chi connectivity index (χ1) is 48.3. The topological polar surface area (TPSA) is 323 Å². The molecule has 4 aliphatic heterocycles. The summed E-state index contributed by atoms with van der Waals surface area (Å²) < 4.78 is 59.5. The normalized spacial score (nSPS) is 12.9. The van der Waals surface area contributed by atoms with Crippen molar-refractivity contribution in [2.24, 2.45) is 22.9 Å². The minimum atomic E-state index is -0.669. The molecule has 22 heteroatoms.